The van der Waals surface area contributed by atoms with Crippen molar-refractivity contribution < 1.29 is 4.42 Å². The molecule has 1 fully saturated rings. The molecular formula is C10H14NO. The van der Waals surface area contributed by atoms with E-state index in [1.165, 1.54) is 31.5 Å². The maximum atomic E-state index is 4.92. The van der Waals surface area contributed by atoms with Crippen molar-refractivity contribution in [1.82, 2.24) is 5.32 Å². The van der Waals surface area contributed by atoms with E-state index in [1.54, 1.807) is 6.26 Å². The molecule has 0 saturated carbocycles. The lowest BCUT2D eigenvalue weighted by molar-refractivity contribution is 0.371. The minimum Gasteiger partial charge on any atom is -0.461 e. The van der Waals surface area contributed by atoms with Gasteiger partial charge in [0.05, 0.1) is 6.26 Å². The summed E-state index contributed by atoms with van der Waals surface area (Å²) in [6, 6.07) is 2.02. The van der Waals surface area contributed by atoms with E-state index in [2.05, 4.69) is 11.6 Å². The molecule has 0 unspecified atom stereocenters. The highest BCUT2D eigenvalue weighted by molar-refractivity contribution is 5.05. The van der Waals surface area contributed by atoms with E-state index in [0.29, 0.717) is 0 Å². The van der Waals surface area contributed by atoms with Crippen LogP contribution in [0.5, 0.6) is 0 Å². The molecule has 65 valence electrons. The van der Waals surface area contributed by atoms with Crippen molar-refractivity contribution in [3.8, 4) is 0 Å². The number of nitrogens with one attached hydrogen (secondary N) is 1. The van der Waals surface area contributed by atoms with Gasteiger partial charge in [-0.3, -0.25) is 0 Å². The van der Waals surface area contributed by atoms with Crippen molar-refractivity contribution in [2.45, 2.75) is 19.3 Å². The third-order valence-electron chi connectivity index (χ3n) is 2.49. The Morgan fingerprint density at radius 2 is 2.33 bits per heavy atom. The predicted octanol–water partition coefficient (Wildman–Crippen LogP) is 1.62. The molecule has 1 aliphatic heterocycles. The fraction of sp³-hybridized carbons (Fsp3) is 0.600. The Hall–Kier alpha value is -0.760. The molecule has 0 aromatic carbocycles. The van der Waals surface area contributed by atoms with Crippen molar-refractivity contribution in [3.63, 3.8) is 0 Å². The Bertz CT molecular complexity index is 212. The molecule has 2 nitrogen and oxygen atoms in total. The zero-order valence-electron chi connectivity index (χ0n) is 7.18. The Balaban J connectivity index is 1.86. The Labute approximate surface area is 73.0 Å². The minimum absolute atomic E-state index is 0.833. The molecule has 1 aromatic rings. The average Bonchev–Trinajstić information content (AvgIpc) is 2.59. The van der Waals surface area contributed by atoms with Crippen LogP contribution in [0.2, 0.25) is 0 Å². The van der Waals surface area contributed by atoms with Crippen molar-refractivity contribution in [2.24, 2.45) is 5.92 Å². The minimum atomic E-state index is 0.833. The fourth-order valence-electron chi connectivity index (χ4n) is 1.77. The first-order valence-corrected chi connectivity index (χ1v) is 4.60. The summed E-state index contributed by atoms with van der Waals surface area (Å²) in [5.41, 5.74) is 1.22. The molecular weight excluding hydrogens is 150 g/mol. The van der Waals surface area contributed by atoms with Crippen LogP contribution in [0.15, 0.2) is 16.7 Å². The summed E-state index contributed by atoms with van der Waals surface area (Å²) in [7, 11) is 0. The molecule has 1 aliphatic rings. The Morgan fingerprint density at radius 3 is 3.00 bits per heavy atom. The van der Waals surface area contributed by atoms with Gasteiger partial charge in [-0.25, -0.2) is 0 Å². The largest absolute Gasteiger partial charge is 0.461 e. The van der Waals surface area contributed by atoms with Crippen molar-refractivity contribution in [2.75, 3.05) is 13.1 Å². The summed E-state index contributed by atoms with van der Waals surface area (Å²) in [4.78, 5) is 0. The molecule has 12 heavy (non-hydrogen) atoms. The summed E-state index contributed by atoms with van der Waals surface area (Å²) in [6.45, 7) is 2.34. The molecule has 2 heterocycles. The maximum Gasteiger partial charge on any atom is 0.172 e. The van der Waals surface area contributed by atoms with Crippen LogP contribution in [0.1, 0.15) is 18.4 Å². The first-order chi connectivity index (χ1) is 5.95. The van der Waals surface area contributed by atoms with Crippen LogP contribution in [-0.2, 0) is 6.42 Å². The highest BCUT2D eigenvalue weighted by Crippen LogP contribution is 2.17. The summed E-state index contributed by atoms with van der Waals surface area (Å²) in [6.07, 6.45) is 8.31. The van der Waals surface area contributed by atoms with Crippen LogP contribution in [0.4, 0.5) is 0 Å². The second kappa shape index (κ2) is 3.76. The van der Waals surface area contributed by atoms with Gasteiger partial charge >= 0.3 is 0 Å². The third kappa shape index (κ3) is 1.89. The molecule has 0 spiro atoms. The number of hydrogen-bond acceptors (Lipinski definition) is 2. The van der Waals surface area contributed by atoms with Gasteiger partial charge in [-0.1, -0.05) is 0 Å². The highest BCUT2D eigenvalue weighted by atomic mass is 16.3. The van der Waals surface area contributed by atoms with Crippen molar-refractivity contribution >= 4 is 0 Å². The van der Waals surface area contributed by atoms with E-state index in [4.69, 9.17) is 4.42 Å². The molecule has 0 aliphatic carbocycles. The number of piperidine rings is 1. The lowest BCUT2D eigenvalue weighted by Gasteiger charge is -2.21. The predicted molar refractivity (Wildman–Crippen MR) is 46.8 cm³/mol. The summed E-state index contributed by atoms with van der Waals surface area (Å²) in [5.74, 6) is 0.833. The van der Waals surface area contributed by atoms with Gasteiger partial charge in [-0.2, -0.15) is 0 Å². The topological polar surface area (TPSA) is 25.2 Å². The quantitative estimate of drug-likeness (QED) is 0.718. The van der Waals surface area contributed by atoms with Gasteiger partial charge < -0.3 is 9.73 Å². The van der Waals surface area contributed by atoms with E-state index in [1.807, 2.05) is 6.07 Å². The summed E-state index contributed by atoms with van der Waals surface area (Å²) >= 11 is 0. The normalized spacial score (nSPS) is 19.7. The van der Waals surface area contributed by atoms with Crippen LogP contribution in [0, 0.1) is 12.2 Å². The van der Waals surface area contributed by atoms with E-state index in [0.717, 1.165) is 12.3 Å². The van der Waals surface area contributed by atoms with Crippen LogP contribution in [0.3, 0.4) is 0 Å². The van der Waals surface area contributed by atoms with E-state index < -0.39 is 0 Å². The lowest BCUT2D eigenvalue weighted by Crippen LogP contribution is -2.28. The first-order valence-electron chi connectivity index (χ1n) is 4.60. The Kier molecular flexibility index (Phi) is 2.47. The Morgan fingerprint density at radius 1 is 1.50 bits per heavy atom. The SMILES string of the molecule is [c]1occc1CC1CCNCC1. The van der Waals surface area contributed by atoms with Crippen LogP contribution in [-0.4, -0.2) is 13.1 Å². The fourth-order valence-corrected chi connectivity index (χ4v) is 1.77. The molecule has 1 radical (unpaired) electrons. The van der Waals surface area contributed by atoms with E-state index in [9.17, 15) is 0 Å². The van der Waals surface area contributed by atoms with Crippen molar-refractivity contribution in [3.05, 3.63) is 24.2 Å². The van der Waals surface area contributed by atoms with Gasteiger partial charge in [0.25, 0.3) is 0 Å². The number of hydrogen-bond donors (Lipinski definition) is 1. The van der Waals surface area contributed by atoms with Crippen LogP contribution in [0.25, 0.3) is 0 Å². The van der Waals surface area contributed by atoms with Gasteiger partial charge in [0.2, 0.25) is 0 Å². The lowest BCUT2D eigenvalue weighted by atomic mass is 9.92. The zero-order valence-corrected chi connectivity index (χ0v) is 7.18. The van der Waals surface area contributed by atoms with Gasteiger partial charge in [0.15, 0.2) is 6.26 Å². The average molecular weight is 164 g/mol. The maximum absolute atomic E-state index is 4.92. The molecule has 0 bridgehead atoms. The molecule has 1 aromatic heterocycles. The van der Waals surface area contributed by atoms with Crippen LogP contribution >= 0.6 is 0 Å². The molecule has 2 heteroatoms. The monoisotopic (exact) mass is 164 g/mol. The second-order valence-electron chi connectivity index (χ2n) is 3.45. The van der Waals surface area contributed by atoms with E-state index in [-0.39, 0.29) is 0 Å². The molecule has 1 saturated heterocycles. The van der Waals surface area contributed by atoms with Crippen molar-refractivity contribution in [1.29, 1.82) is 0 Å². The highest BCUT2D eigenvalue weighted by Gasteiger charge is 2.13. The van der Waals surface area contributed by atoms with Gasteiger partial charge in [-0.05, 0) is 44.3 Å². The zero-order chi connectivity index (χ0) is 8.23. The van der Waals surface area contributed by atoms with Crippen LogP contribution < -0.4 is 5.32 Å². The molecule has 2 rings (SSSR count). The summed E-state index contributed by atoms with van der Waals surface area (Å²) in [5, 5.41) is 3.36. The molecule has 0 amide bonds. The second-order valence-corrected chi connectivity index (χ2v) is 3.45. The molecule has 0 atom stereocenters. The number of furan rings is 1. The standard InChI is InChI=1S/C10H14NO/c1-4-11-5-2-9(1)7-10-3-6-12-8-10/h3,6,9,11H,1-2,4-5,7H2. The molecule has 1 N–H and O–H groups in total. The van der Waals surface area contributed by atoms with Gasteiger partial charge in [0, 0.05) is 5.56 Å². The number of rotatable bonds is 2. The van der Waals surface area contributed by atoms with E-state index >= 15 is 0 Å². The summed E-state index contributed by atoms with van der Waals surface area (Å²) < 4.78 is 4.92. The smallest absolute Gasteiger partial charge is 0.172 e. The van der Waals surface area contributed by atoms with Gasteiger partial charge in [-0.15, -0.1) is 0 Å². The van der Waals surface area contributed by atoms with Gasteiger partial charge in [0.1, 0.15) is 0 Å². The third-order valence-corrected chi connectivity index (χ3v) is 2.49. The first kappa shape index (κ1) is 7.87.